The number of aromatic nitrogens is 4. The Bertz CT molecular complexity index is 2420. The fourth-order valence-corrected chi connectivity index (χ4v) is 7.38. The Balaban J connectivity index is 1.25. The van der Waals surface area contributed by atoms with E-state index in [4.69, 9.17) is 15.0 Å². The minimum Gasteiger partial charge on any atom is -0.277 e. The average molecular weight is 581 g/mol. The van der Waals surface area contributed by atoms with Gasteiger partial charge in [0.15, 0.2) is 0 Å². The van der Waals surface area contributed by atoms with Gasteiger partial charge in [-0.2, -0.15) is 0 Å². The molecule has 206 valence electrons. The summed E-state index contributed by atoms with van der Waals surface area (Å²) >= 11 is 1.83. The number of hydrogen-bond acceptors (Lipinski definition) is 4. The largest absolute Gasteiger partial charge is 0.277 e. The molecule has 4 aromatic heterocycles. The predicted molar refractivity (Wildman–Crippen MR) is 183 cm³/mol. The van der Waals surface area contributed by atoms with Gasteiger partial charge in [-0.05, 0) is 35.9 Å². The van der Waals surface area contributed by atoms with Crippen LogP contribution in [-0.4, -0.2) is 19.5 Å². The van der Waals surface area contributed by atoms with Crippen molar-refractivity contribution in [3.05, 3.63) is 146 Å². The van der Waals surface area contributed by atoms with Crippen molar-refractivity contribution in [1.29, 1.82) is 0 Å². The SMILES string of the molecule is c1ccc(-c2cc(-c3cnc(-n4c5ccccc5c5ccc6sc7ccccc7c6c54)nc3)cc(-c3ccccc3)n2)cc1. The van der Waals surface area contributed by atoms with Crippen LogP contribution in [0.5, 0.6) is 0 Å². The molecule has 9 aromatic rings. The smallest absolute Gasteiger partial charge is 0.234 e. The summed E-state index contributed by atoms with van der Waals surface area (Å²) in [6.07, 6.45) is 3.88. The second-order valence-electron chi connectivity index (χ2n) is 10.9. The molecule has 0 N–H and O–H groups in total. The van der Waals surface area contributed by atoms with E-state index in [1.54, 1.807) is 0 Å². The van der Waals surface area contributed by atoms with E-state index in [9.17, 15) is 0 Å². The monoisotopic (exact) mass is 580 g/mol. The predicted octanol–water partition coefficient (Wildman–Crippen LogP) is 10.3. The lowest BCUT2D eigenvalue weighted by atomic mass is 10.0. The van der Waals surface area contributed by atoms with Gasteiger partial charge in [0.1, 0.15) is 0 Å². The molecule has 44 heavy (non-hydrogen) atoms. The van der Waals surface area contributed by atoms with Crippen LogP contribution in [-0.2, 0) is 0 Å². The molecule has 0 aliphatic heterocycles. The van der Waals surface area contributed by atoms with Crippen LogP contribution >= 0.6 is 11.3 Å². The molecular formula is C39H24N4S. The van der Waals surface area contributed by atoms with Gasteiger partial charge in [0.2, 0.25) is 5.95 Å². The van der Waals surface area contributed by atoms with Crippen LogP contribution in [0.15, 0.2) is 146 Å². The highest BCUT2D eigenvalue weighted by Gasteiger charge is 2.19. The molecule has 0 fully saturated rings. The number of para-hydroxylation sites is 1. The zero-order valence-corrected chi connectivity index (χ0v) is 24.4. The average Bonchev–Trinajstić information content (AvgIpc) is 3.65. The molecule has 0 aliphatic rings. The number of nitrogens with zero attached hydrogens (tertiary/aromatic N) is 4. The maximum Gasteiger partial charge on any atom is 0.234 e. The van der Waals surface area contributed by atoms with Crippen LogP contribution < -0.4 is 0 Å². The van der Waals surface area contributed by atoms with Gasteiger partial charge in [0.05, 0.1) is 22.4 Å². The fraction of sp³-hybridized carbons (Fsp3) is 0. The molecule has 0 saturated heterocycles. The molecule has 9 rings (SSSR count). The van der Waals surface area contributed by atoms with Crippen LogP contribution in [0.2, 0.25) is 0 Å². The zero-order chi connectivity index (χ0) is 29.0. The molecule has 4 heterocycles. The molecule has 0 aliphatic carbocycles. The van der Waals surface area contributed by atoms with Gasteiger partial charge >= 0.3 is 0 Å². The summed E-state index contributed by atoms with van der Waals surface area (Å²) in [5.74, 6) is 0.656. The van der Waals surface area contributed by atoms with Crippen molar-refractivity contribution in [1.82, 2.24) is 19.5 Å². The van der Waals surface area contributed by atoms with Gasteiger partial charge in [-0.3, -0.25) is 4.57 Å². The number of hydrogen-bond donors (Lipinski definition) is 0. The van der Waals surface area contributed by atoms with E-state index in [1.165, 1.54) is 30.9 Å². The second kappa shape index (κ2) is 9.97. The third-order valence-corrected chi connectivity index (χ3v) is 9.45. The number of benzene rings is 5. The molecule has 5 heteroatoms. The van der Waals surface area contributed by atoms with Gasteiger partial charge in [0, 0.05) is 60.0 Å². The molecule has 0 radical (unpaired) electrons. The highest BCUT2D eigenvalue weighted by molar-refractivity contribution is 7.26. The molecule has 4 nitrogen and oxygen atoms in total. The highest BCUT2D eigenvalue weighted by Crippen LogP contribution is 2.42. The van der Waals surface area contributed by atoms with Gasteiger partial charge in [-0.25, -0.2) is 15.0 Å². The topological polar surface area (TPSA) is 43.6 Å². The summed E-state index contributed by atoms with van der Waals surface area (Å²) in [5, 5.41) is 4.92. The summed E-state index contributed by atoms with van der Waals surface area (Å²) < 4.78 is 4.77. The first-order valence-electron chi connectivity index (χ1n) is 14.6. The lowest BCUT2D eigenvalue weighted by Crippen LogP contribution is -2.01. The Morgan fingerprint density at radius 3 is 1.80 bits per heavy atom. The van der Waals surface area contributed by atoms with Crippen molar-refractivity contribution in [3.8, 4) is 39.6 Å². The molecule has 0 bridgehead atoms. The van der Waals surface area contributed by atoms with E-state index in [0.29, 0.717) is 5.95 Å². The Morgan fingerprint density at radius 1 is 0.477 bits per heavy atom. The summed E-state index contributed by atoms with van der Waals surface area (Å²) in [4.78, 5) is 15.0. The van der Waals surface area contributed by atoms with Crippen molar-refractivity contribution in [2.45, 2.75) is 0 Å². The Kier molecular flexibility index (Phi) is 5.64. The van der Waals surface area contributed by atoms with E-state index < -0.39 is 0 Å². The van der Waals surface area contributed by atoms with E-state index in [1.807, 2.05) is 60.1 Å². The van der Waals surface area contributed by atoms with E-state index in [2.05, 4.69) is 102 Å². The Labute approximate surface area is 257 Å². The Hall–Kier alpha value is -5.65. The van der Waals surface area contributed by atoms with Crippen molar-refractivity contribution < 1.29 is 0 Å². The minimum atomic E-state index is 0.656. The molecule has 0 saturated carbocycles. The van der Waals surface area contributed by atoms with Crippen molar-refractivity contribution in [2.75, 3.05) is 0 Å². The lowest BCUT2D eigenvalue weighted by Gasteiger charge is -2.11. The van der Waals surface area contributed by atoms with Crippen LogP contribution in [0.3, 0.4) is 0 Å². The normalized spacial score (nSPS) is 11.6. The van der Waals surface area contributed by atoms with Gasteiger partial charge in [0.25, 0.3) is 0 Å². The summed E-state index contributed by atoms with van der Waals surface area (Å²) in [5.41, 5.74) is 8.19. The number of rotatable bonds is 4. The first-order valence-corrected chi connectivity index (χ1v) is 15.4. The quantitative estimate of drug-likeness (QED) is 0.208. The molecular weight excluding hydrogens is 557 g/mol. The van der Waals surface area contributed by atoms with Crippen LogP contribution in [0, 0.1) is 0 Å². The standard InChI is InChI=1S/C39H24N4S/c1-3-11-25(12-4-1)32-21-27(22-33(42-32)26-13-5-2-6-14-26)28-23-40-39(41-24-28)43-34-17-9-7-15-29(34)30-19-20-36-37(38(30)43)31-16-8-10-18-35(31)44-36/h1-24H. The third-order valence-electron chi connectivity index (χ3n) is 8.31. The molecule has 0 amide bonds. The highest BCUT2D eigenvalue weighted by atomic mass is 32.1. The van der Waals surface area contributed by atoms with Gasteiger partial charge in [-0.1, -0.05) is 103 Å². The van der Waals surface area contributed by atoms with Crippen molar-refractivity contribution >= 4 is 53.3 Å². The first-order chi connectivity index (χ1) is 21.8. The first kappa shape index (κ1) is 24.9. The summed E-state index contributed by atoms with van der Waals surface area (Å²) in [6, 6.07) is 46.5. The maximum absolute atomic E-state index is 5.03. The van der Waals surface area contributed by atoms with E-state index >= 15 is 0 Å². The van der Waals surface area contributed by atoms with Gasteiger partial charge < -0.3 is 0 Å². The van der Waals surface area contributed by atoms with Crippen molar-refractivity contribution in [2.24, 2.45) is 0 Å². The van der Waals surface area contributed by atoms with Crippen LogP contribution in [0.1, 0.15) is 0 Å². The fourth-order valence-electron chi connectivity index (χ4n) is 6.27. The van der Waals surface area contributed by atoms with Crippen LogP contribution in [0.4, 0.5) is 0 Å². The molecule has 0 unspecified atom stereocenters. The van der Waals surface area contributed by atoms with Crippen LogP contribution in [0.25, 0.3) is 81.6 Å². The lowest BCUT2D eigenvalue weighted by molar-refractivity contribution is 0.992. The van der Waals surface area contributed by atoms with E-state index in [0.717, 1.165) is 44.7 Å². The number of thiophene rings is 1. The van der Waals surface area contributed by atoms with Crippen molar-refractivity contribution in [3.63, 3.8) is 0 Å². The van der Waals surface area contributed by atoms with Gasteiger partial charge in [-0.15, -0.1) is 11.3 Å². The molecule has 5 aromatic carbocycles. The summed E-state index contributed by atoms with van der Waals surface area (Å²) in [7, 11) is 0. The zero-order valence-electron chi connectivity index (χ0n) is 23.6. The molecule has 0 atom stereocenters. The summed E-state index contributed by atoms with van der Waals surface area (Å²) in [6.45, 7) is 0. The van der Waals surface area contributed by atoms with E-state index in [-0.39, 0.29) is 0 Å². The molecule has 0 spiro atoms. The Morgan fingerprint density at radius 2 is 1.09 bits per heavy atom. The minimum absolute atomic E-state index is 0.656. The maximum atomic E-state index is 5.03. The number of pyridine rings is 1. The third kappa shape index (κ3) is 3.94. The number of fused-ring (bicyclic) bond motifs is 7. The second-order valence-corrected chi connectivity index (χ2v) is 12.0.